The van der Waals surface area contributed by atoms with Crippen LogP contribution in [0.25, 0.3) is 11.1 Å². The van der Waals surface area contributed by atoms with E-state index in [4.69, 9.17) is 14.6 Å². The number of anilines is 1. The molecule has 2 aromatic rings. The number of aryl methyl sites for hydroxylation is 1. The SMILES string of the molecule is CC(C)(C)O.Cc1ncc(-c2ccc3c(c2)OCO3)c(N2CCC(C)(C)CC2)c1CC(=O)O. The van der Waals surface area contributed by atoms with Gasteiger partial charge in [-0.25, -0.2) is 0 Å². The van der Waals surface area contributed by atoms with E-state index in [2.05, 4.69) is 23.7 Å². The zero-order valence-electron chi connectivity index (χ0n) is 20.6. The van der Waals surface area contributed by atoms with Gasteiger partial charge in [-0.15, -0.1) is 0 Å². The van der Waals surface area contributed by atoms with Crippen molar-refractivity contribution < 1.29 is 24.5 Å². The molecule has 1 fully saturated rings. The number of aliphatic carboxylic acids is 1. The van der Waals surface area contributed by atoms with Gasteiger partial charge in [-0.3, -0.25) is 9.78 Å². The number of aromatic nitrogens is 1. The molecule has 7 heteroatoms. The summed E-state index contributed by atoms with van der Waals surface area (Å²) >= 11 is 0. The predicted molar refractivity (Wildman–Crippen MR) is 129 cm³/mol. The van der Waals surface area contributed by atoms with E-state index in [1.165, 1.54) is 0 Å². The third-order valence-electron chi connectivity index (χ3n) is 5.81. The summed E-state index contributed by atoms with van der Waals surface area (Å²) in [6.45, 7) is 13.7. The van der Waals surface area contributed by atoms with Gasteiger partial charge in [0.15, 0.2) is 11.5 Å². The molecule has 3 heterocycles. The standard InChI is InChI=1S/C22H26N2O4.C4H10O/c1-14-16(11-20(25)26)21(24-8-6-22(2,3)7-9-24)17(12-23-14)15-4-5-18-19(10-15)28-13-27-18;1-4(2,3)5/h4-5,10,12H,6-9,11,13H2,1-3H3,(H,25,26);5H,1-3H3. The summed E-state index contributed by atoms with van der Waals surface area (Å²) in [6, 6.07) is 5.84. The number of aliphatic hydroxyl groups is 1. The minimum Gasteiger partial charge on any atom is -0.481 e. The number of benzene rings is 1. The van der Waals surface area contributed by atoms with E-state index < -0.39 is 11.6 Å². The highest BCUT2D eigenvalue weighted by Crippen LogP contribution is 2.42. The molecule has 2 aliphatic rings. The number of rotatable bonds is 4. The lowest BCUT2D eigenvalue weighted by atomic mass is 9.82. The summed E-state index contributed by atoms with van der Waals surface area (Å²) in [7, 11) is 0. The third kappa shape index (κ3) is 6.60. The van der Waals surface area contributed by atoms with E-state index >= 15 is 0 Å². The molecule has 1 saturated heterocycles. The third-order valence-corrected chi connectivity index (χ3v) is 5.81. The minimum absolute atomic E-state index is 0.0353. The number of carbonyl (C=O) groups is 1. The van der Waals surface area contributed by atoms with Gasteiger partial charge < -0.3 is 24.6 Å². The molecular formula is C26H36N2O5. The number of hydrogen-bond donors (Lipinski definition) is 2. The zero-order chi connectivity index (χ0) is 24.4. The monoisotopic (exact) mass is 456 g/mol. The molecule has 33 heavy (non-hydrogen) atoms. The molecule has 0 aliphatic carbocycles. The van der Waals surface area contributed by atoms with Crippen molar-refractivity contribution >= 4 is 11.7 Å². The zero-order valence-corrected chi connectivity index (χ0v) is 20.6. The maximum Gasteiger partial charge on any atom is 0.307 e. The van der Waals surface area contributed by atoms with E-state index in [0.717, 1.165) is 59.8 Å². The Balaban J connectivity index is 0.000000555. The van der Waals surface area contributed by atoms with Gasteiger partial charge in [0.05, 0.1) is 17.7 Å². The van der Waals surface area contributed by atoms with E-state index in [1.807, 2.05) is 31.3 Å². The van der Waals surface area contributed by atoms with Crippen LogP contribution in [0.3, 0.4) is 0 Å². The highest BCUT2D eigenvalue weighted by molar-refractivity contribution is 5.85. The van der Waals surface area contributed by atoms with Crippen molar-refractivity contribution in [3.63, 3.8) is 0 Å². The maximum absolute atomic E-state index is 11.6. The number of ether oxygens (including phenoxy) is 2. The summed E-state index contributed by atoms with van der Waals surface area (Å²) in [4.78, 5) is 18.4. The summed E-state index contributed by atoms with van der Waals surface area (Å²) in [6.07, 6.45) is 3.96. The molecule has 0 bridgehead atoms. The smallest absolute Gasteiger partial charge is 0.307 e. The van der Waals surface area contributed by atoms with Crippen molar-refractivity contribution in [3.8, 4) is 22.6 Å². The largest absolute Gasteiger partial charge is 0.481 e. The summed E-state index contributed by atoms with van der Waals surface area (Å²) < 4.78 is 11.0. The Hall–Kier alpha value is -2.80. The fourth-order valence-corrected chi connectivity index (χ4v) is 3.97. The van der Waals surface area contributed by atoms with Crippen LogP contribution in [0.1, 0.15) is 58.7 Å². The van der Waals surface area contributed by atoms with Crippen LogP contribution in [0.5, 0.6) is 11.5 Å². The fraction of sp³-hybridized carbons (Fsp3) is 0.538. The Kier molecular flexibility index (Phi) is 7.22. The molecule has 7 nitrogen and oxygen atoms in total. The second kappa shape index (κ2) is 9.59. The molecular weight excluding hydrogens is 420 g/mol. The molecule has 2 aliphatic heterocycles. The lowest BCUT2D eigenvalue weighted by Crippen LogP contribution is -2.38. The average molecular weight is 457 g/mol. The lowest BCUT2D eigenvalue weighted by Gasteiger charge is -2.40. The Morgan fingerprint density at radius 1 is 1.15 bits per heavy atom. The first kappa shape index (κ1) is 24.8. The summed E-state index contributed by atoms with van der Waals surface area (Å²) in [5, 5.41) is 18.0. The average Bonchev–Trinajstić information content (AvgIpc) is 3.16. The van der Waals surface area contributed by atoms with Gasteiger partial charge in [0.2, 0.25) is 6.79 Å². The van der Waals surface area contributed by atoms with Crippen molar-refractivity contribution in [1.29, 1.82) is 0 Å². The Morgan fingerprint density at radius 2 is 1.76 bits per heavy atom. The number of hydrogen-bond acceptors (Lipinski definition) is 6. The highest BCUT2D eigenvalue weighted by atomic mass is 16.7. The van der Waals surface area contributed by atoms with Crippen LogP contribution in [-0.2, 0) is 11.2 Å². The molecule has 0 unspecified atom stereocenters. The first-order chi connectivity index (χ1) is 15.3. The van der Waals surface area contributed by atoms with E-state index in [1.54, 1.807) is 20.8 Å². The molecule has 0 radical (unpaired) electrons. The molecule has 1 aromatic heterocycles. The van der Waals surface area contributed by atoms with Gasteiger partial charge in [-0.1, -0.05) is 19.9 Å². The minimum atomic E-state index is -0.841. The second-order valence-corrected chi connectivity index (χ2v) is 10.5. The van der Waals surface area contributed by atoms with Gasteiger partial charge >= 0.3 is 5.97 Å². The predicted octanol–water partition coefficient (Wildman–Crippen LogP) is 4.82. The topological polar surface area (TPSA) is 92.1 Å². The van der Waals surface area contributed by atoms with Crippen LogP contribution < -0.4 is 14.4 Å². The molecule has 4 rings (SSSR count). The Bertz CT molecular complexity index is 994. The number of pyridine rings is 1. The Labute approximate surface area is 196 Å². The van der Waals surface area contributed by atoms with Crippen molar-refractivity contribution in [1.82, 2.24) is 4.98 Å². The Morgan fingerprint density at radius 3 is 2.36 bits per heavy atom. The molecule has 1 aromatic carbocycles. The van der Waals surface area contributed by atoms with E-state index in [9.17, 15) is 9.90 Å². The van der Waals surface area contributed by atoms with Gasteiger partial charge in [-0.2, -0.15) is 0 Å². The molecule has 180 valence electrons. The van der Waals surface area contributed by atoms with Crippen molar-refractivity contribution in [2.75, 3.05) is 24.8 Å². The number of fused-ring (bicyclic) bond motifs is 1. The highest BCUT2D eigenvalue weighted by Gasteiger charge is 2.29. The number of carboxylic acids is 1. The van der Waals surface area contributed by atoms with Gasteiger partial charge in [0.1, 0.15) is 0 Å². The lowest BCUT2D eigenvalue weighted by molar-refractivity contribution is -0.136. The molecule has 2 N–H and O–H groups in total. The van der Waals surface area contributed by atoms with E-state index in [0.29, 0.717) is 11.2 Å². The van der Waals surface area contributed by atoms with Gasteiger partial charge in [0, 0.05) is 36.1 Å². The normalized spacial score (nSPS) is 16.8. The number of nitrogens with zero attached hydrogens (tertiary/aromatic N) is 2. The summed E-state index contributed by atoms with van der Waals surface area (Å²) in [5.74, 6) is 0.603. The van der Waals surface area contributed by atoms with Crippen molar-refractivity contribution in [2.24, 2.45) is 5.41 Å². The molecule has 0 atom stereocenters. The maximum atomic E-state index is 11.6. The number of carboxylic acid groups (broad SMARTS) is 1. The number of piperidine rings is 1. The first-order valence-electron chi connectivity index (χ1n) is 11.4. The molecule has 0 saturated carbocycles. The molecule has 0 amide bonds. The van der Waals surface area contributed by atoms with Crippen LogP contribution >= 0.6 is 0 Å². The molecule has 0 spiro atoms. The van der Waals surface area contributed by atoms with E-state index in [-0.39, 0.29) is 13.2 Å². The quantitative estimate of drug-likeness (QED) is 0.682. The van der Waals surface area contributed by atoms with Crippen LogP contribution in [0.4, 0.5) is 5.69 Å². The summed E-state index contributed by atoms with van der Waals surface area (Å²) in [5.41, 5.74) is 4.27. The second-order valence-electron chi connectivity index (χ2n) is 10.5. The van der Waals surface area contributed by atoms with Crippen LogP contribution in [0.15, 0.2) is 24.4 Å². The van der Waals surface area contributed by atoms with Crippen molar-refractivity contribution in [2.45, 2.75) is 66.4 Å². The first-order valence-corrected chi connectivity index (χ1v) is 11.4. The van der Waals surface area contributed by atoms with Crippen molar-refractivity contribution in [3.05, 3.63) is 35.7 Å². The van der Waals surface area contributed by atoms with Crippen LogP contribution in [0, 0.1) is 12.3 Å². The van der Waals surface area contributed by atoms with Gasteiger partial charge in [-0.05, 0) is 63.6 Å². The van der Waals surface area contributed by atoms with Crippen LogP contribution in [-0.4, -0.2) is 46.6 Å². The fourth-order valence-electron chi connectivity index (χ4n) is 3.97. The van der Waals surface area contributed by atoms with Gasteiger partial charge in [0.25, 0.3) is 0 Å². The van der Waals surface area contributed by atoms with Crippen LogP contribution in [0.2, 0.25) is 0 Å².